The summed E-state index contributed by atoms with van der Waals surface area (Å²) < 4.78 is 16.3. The molecule has 5 rings (SSSR count). The van der Waals surface area contributed by atoms with Crippen molar-refractivity contribution >= 4 is 40.2 Å². The fourth-order valence-corrected chi connectivity index (χ4v) is 5.24. The average molecular weight is 463 g/mol. The number of benzene rings is 1. The maximum atomic E-state index is 14.1. The summed E-state index contributed by atoms with van der Waals surface area (Å²) in [5.41, 5.74) is 5.56. The van der Waals surface area contributed by atoms with Gasteiger partial charge in [-0.05, 0) is 61.8 Å². The number of hydrogen-bond acceptors (Lipinski definition) is 5. The van der Waals surface area contributed by atoms with Crippen molar-refractivity contribution in [2.75, 3.05) is 18.5 Å². The van der Waals surface area contributed by atoms with E-state index >= 15 is 0 Å². The summed E-state index contributed by atoms with van der Waals surface area (Å²) in [5, 5.41) is 2.86. The Morgan fingerprint density at radius 2 is 1.84 bits per heavy atom. The van der Waals surface area contributed by atoms with Crippen molar-refractivity contribution in [3.05, 3.63) is 46.2 Å². The number of piperidine rings is 1. The highest BCUT2D eigenvalue weighted by Gasteiger charge is 2.25. The fourth-order valence-electron chi connectivity index (χ4n) is 4.83. The Hall–Kier alpha value is -1.96. The van der Waals surface area contributed by atoms with Gasteiger partial charge < -0.3 is 9.99 Å². The number of hydrogen-bond donors (Lipinski definition) is 1. The van der Waals surface area contributed by atoms with Gasteiger partial charge in [-0.3, -0.25) is 0 Å². The Morgan fingerprint density at radius 1 is 1.06 bits per heavy atom. The Balaban J connectivity index is 1.27. The number of nitrogens with zero attached hydrogens (tertiary/aromatic N) is 5. The molecule has 9 heteroatoms. The summed E-state index contributed by atoms with van der Waals surface area (Å²) in [7, 11) is 0. The number of rotatable bonds is 5. The molecular formula is C22H25Cl2FN6. The van der Waals surface area contributed by atoms with Crippen molar-refractivity contribution in [2.45, 2.75) is 51.0 Å². The minimum atomic E-state index is -0.219. The second-order valence-electron chi connectivity index (χ2n) is 8.55. The Kier molecular flexibility index (Phi) is 5.99. The lowest BCUT2D eigenvalue weighted by molar-refractivity contribution is 0.215. The molecule has 0 spiro atoms. The molecule has 0 unspecified atom stereocenters. The summed E-state index contributed by atoms with van der Waals surface area (Å²) >= 11 is 12.5. The van der Waals surface area contributed by atoms with E-state index in [9.17, 15) is 4.39 Å². The van der Waals surface area contributed by atoms with Crippen molar-refractivity contribution in [1.82, 2.24) is 24.5 Å². The van der Waals surface area contributed by atoms with E-state index in [1.165, 1.54) is 18.9 Å². The lowest BCUT2D eigenvalue weighted by Gasteiger charge is -2.32. The third-order valence-corrected chi connectivity index (χ3v) is 7.07. The van der Waals surface area contributed by atoms with Gasteiger partial charge in [0, 0.05) is 29.7 Å². The molecule has 6 nitrogen and oxygen atoms in total. The van der Waals surface area contributed by atoms with Gasteiger partial charge in [0.1, 0.15) is 5.82 Å². The van der Waals surface area contributed by atoms with Gasteiger partial charge in [0.2, 0.25) is 5.28 Å². The molecule has 1 N–H and O–H groups in total. The van der Waals surface area contributed by atoms with Crippen LogP contribution in [0.1, 0.15) is 50.1 Å². The van der Waals surface area contributed by atoms with Crippen molar-refractivity contribution in [2.24, 2.45) is 5.92 Å². The molecule has 2 fully saturated rings. The Morgan fingerprint density at radius 3 is 2.58 bits per heavy atom. The number of nitrogens with one attached hydrogen (secondary N) is 1. The normalized spacial score (nSPS) is 18.8. The van der Waals surface area contributed by atoms with Crippen LogP contribution >= 0.6 is 23.2 Å². The fraction of sp³-hybridized carbons (Fsp3) is 0.500. The molecule has 31 heavy (non-hydrogen) atoms. The Labute approximate surface area is 190 Å². The van der Waals surface area contributed by atoms with Gasteiger partial charge in [-0.2, -0.15) is 9.97 Å². The van der Waals surface area contributed by atoms with Crippen molar-refractivity contribution in [1.29, 1.82) is 0 Å². The minimum Gasteiger partial charge on any atom is -0.312 e. The van der Waals surface area contributed by atoms with E-state index in [2.05, 4.69) is 30.0 Å². The van der Waals surface area contributed by atoms with Crippen LogP contribution in [0.2, 0.25) is 10.3 Å². The van der Waals surface area contributed by atoms with Crippen LogP contribution in [0, 0.1) is 11.7 Å². The zero-order chi connectivity index (χ0) is 21.4. The van der Waals surface area contributed by atoms with E-state index in [4.69, 9.17) is 23.2 Å². The van der Waals surface area contributed by atoms with E-state index in [1.807, 2.05) is 6.33 Å². The van der Waals surface area contributed by atoms with E-state index in [-0.39, 0.29) is 11.1 Å². The number of fused-ring (bicyclic) bond motifs is 1. The molecule has 0 bridgehead atoms. The lowest BCUT2D eigenvalue weighted by atomic mass is 9.90. The summed E-state index contributed by atoms with van der Waals surface area (Å²) in [4.78, 5) is 13.5. The number of halogens is 3. The molecule has 2 aliphatic rings. The van der Waals surface area contributed by atoms with Crippen molar-refractivity contribution in [3.8, 4) is 0 Å². The van der Waals surface area contributed by atoms with Crippen LogP contribution in [0.15, 0.2) is 24.5 Å². The summed E-state index contributed by atoms with van der Waals surface area (Å²) in [6.07, 6.45) is 9.18. The molecule has 1 saturated heterocycles. The largest absolute Gasteiger partial charge is 0.312 e. The maximum Gasteiger partial charge on any atom is 0.226 e. The van der Waals surface area contributed by atoms with Gasteiger partial charge in [-0.15, -0.1) is 0 Å². The highest BCUT2D eigenvalue weighted by Crippen LogP contribution is 2.33. The Bertz CT molecular complexity index is 1050. The topological polar surface area (TPSA) is 58.9 Å². The quantitative estimate of drug-likeness (QED) is 0.495. The SMILES string of the molecule is Fc1cccc(Cl)c1CC1CCN(Nc2nc(Cl)nc3c2ncn3C2CCCC2)CC1. The lowest BCUT2D eigenvalue weighted by Crippen LogP contribution is -2.38. The molecular weight excluding hydrogens is 438 g/mol. The number of imidazole rings is 1. The van der Waals surface area contributed by atoms with Crippen LogP contribution in [0.4, 0.5) is 10.2 Å². The average Bonchev–Trinajstić information content (AvgIpc) is 3.42. The standard InChI is InChI=1S/C22H25Cl2FN6/c23-17-6-3-7-18(25)16(17)12-14-8-10-30(11-9-14)29-20-19-21(28-22(24)27-20)31(13-26-19)15-4-1-2-5-15/h3,6-7,13-15H,1-2,4-5,8-12H2,(H,27,28,29). The third kappa shape index (κ3) is 4.36. The van der Waals surface area contributed by atoms with Gasteiger partial charge in [-0.1, -0.05) is 30.5 Å². The van der Waals surface area contributed by atoms with E-state index < -0.39 is 0 Å². The molecule has 1 aliphatic heterocycles. The number of hydrazine groups is 1. The molecule has 3 heterocycles. The first-order valence-corrected chi connectivity index (χ1v) is 11.7. The van der Waals surface area contributed by atoms with Gasteiger partial charge in [0.25, 0.3) is 0 Å². The molecule has 0 amide bonds. The molecule has 1 aromatic carbocycles. The van der Waals surface area contributed by atoms with Crippen LogP contribution in [-0.4, -0.2) is 37.6 Å². The van der Waals surface area contributed by atoms with Crippen molar-refractivity contribution < 1.29 is 4.39 Å². The van der Waals surface area contributed by atoms with Crippen LogP contribution < -0.4 is 5.43 Å². The van der Waals surface area contributed by atoms with Crippen molar-refractivity contribution in [3.63, 3.8) is 0 Å². The molecule has 1 aliphatic carbocycles. The highest BCUT2D eigenvalue weighted by atomic mass is 35.5. The van der Waals surface area contributed by atoms with Gasteiger partial charge in [-0.25, -0.2) is 14.4 Å². The second-order valence-corrected chi connectivity index (χ2v) is 9.30. The predicted molar refractivity (Wildman–Crippen MR) is 121 cm³/mol. The van der Waals surface area contributed by atoms with Crippen LogP contribution in [0.5, 0.6) is 0 Å². The van der Waals surface area contributed by atoms with Gasteiger partial charge in [0.05, 0.1) is 6.33 Å². The van der Waals surface area contributed by atoms with Gasteiger partial charge >= 0.3 is 0 Å². The molecule has 2 aromatic heterocycles. The zero-order valence-electron chi connectivity index (χ0n) is 17.2. The molecule has 1 saturated carbocycles. The molecule has 0 atom stereocenters. The second kappa shape index (κ2) is 8.88. The first-order chi connectivity index (χ1) is 15.1. The highest BCUT2D eigenvalue weighted by molar-refractivity contribution is 6.31. The van der Waals surface area contributed by atoms with Crippen LogP contribution in [0.25, 0.3) is 11.2 Å². The molecule has 164 valence electrons. The molecule has 3 aromatic rings. The first-order valence-electron chi connectivity index (χ1n) is 10.9. The van der Waals surface area contributed by atoms with Gasteiger partial charge in [0.15, 0.2) is 17.0 Å². The summed E-state index contributed by atoms with van der Waals surface area (Å²) in [5.74, 6) is 0.814. The van der Waals surface area contributed by atoms with E-state index in [0.717, 1.165) is 49.9 Å². The predicted octanol–water partition coefficient (Wildman–Crippen LogP) is 5.67. The zero-order valence-corrected chi connectivity index (χ0v) is 18.7. The van der Waals surface area contributed by atoms with E-state index in [1.54, 1.807) is 12.1 Å². The summed E-state index contributed by atoms with van der Waals surface area (Å²) in [6, 6.07) is 5.32. The molecule has 0 radical (unpaired) electrons. The first kappa shape index (κ1) is 20.9. The van der Waals surface area contributed by atoms with Crippen LogP contribution in [-0.2, 0) is 6.42 Å². The third-order valence-electron chi connectivity index (χ3n) is 6.55. The number of aromatic nitrogens is 4. The monoisotopic (exact) mass is 462 g/mol. The van der Waals surface area contributed by atoms with E-state index in [0.29, 0.717) is 34.8 Å². The summed E-state index contributed by atoms with van der Waals surface area (Å²) in [6.45, 7) is 1.65. The smallest absolute Gasteiger partial charge is 0.226 e. The minimum absolute atomic E-state index is 0.219. The van der Waals surface area contributed by atoms with Crippen LogP contribution in [0.3, 0.4) is 0 Å². The number of anilines is 1. The maximum absolute atomic E-state index is 14.1.